The van der Waals surface area contributed by atoms with Gasteiger partial charge in [0.15, 0.2) is 0 Å². The summed E-state index contributed by atoms with van der Waals surface area (Å²) in [5.41, 5.74) is 0.227. The Balaban J connectivity index is 3.98. The number of hydrogen-bond acceptors (Lipinski definition) is 2. The van der Waals surface area contributed by atoms with Crippen molar-refractivity contribution in [1.29, 1.82) is 0 Å². The van der Waals surface area contributed by atoms with Crippen LogP contribution in [0.1, 0.15) is 53.9 Å². The molecule has 0 saturated heterocycles. The van der Waals surface area contributed by atoms with Gasteiger partial charge in [-0.05, 0) is 60.0 Å². The summed E-state index contributed by atoms with van der Waals surface area (Å²) in [4.78, 5) is 2.53. The first-order valence-corrected chi connectivity index (χ1v) is 7.01. The molecule has 0 bridgehead atoms. The molecule has 0 spiro atoms. The second kappa shape index (κ2) is 8.71. The van der Waals surface area contributed by atoms with Crippen LogP contribution >= 0.6 is 0 Å². The summed E-state index contributed by atoms with van der Waals surface area (Å²) in [5.74, 6) is 0. The third-order valence-corrected chi connectivity index (χ3v) is 3.12. The molecule has 0 amide bonds. The van der Waals surface area contributed by atoms with Crippen LogP contribution in [0.3, 0.4) is 0 Å². The molecular weight excluding hydrogens is 208 g/mol. The Morgan fingerprint density at radius 1 is 1.29 bits per heavy atom. The van der Waals surface area contributed by atoms with Gasteiger partial charge in [-0.3, -0.25) is 4.90 Å². The summed E-state index contributed by atoms with van der Waals surface area (Å²) in [6.45, 7) is 18.5. The number of nitrogens with zero attached hydrogens (tertiary/aromatic N) is 1. The Morgan fingerprint density at radius 3 is 2.41 bits per heavy atom. The summed E-state index contributed by atoms with van der Waals surface area (Å²) >= 11 is 0. The smallest absolute Gasteiger partial charge is 0.0168 e. The van der Waals surface area contributed by atoms with E-state index in [1.165, 1.54) is 19.3 Å². The Hall–Kier alpha value is -0.340. The molecule has 0 aromatic carbocycles. The largest absolute Gasteiger partial charge is 0.317 e. The van der Waals surface area contributed by atoms with Gasteiger partial charge in [0.1, 0.15) is 0 Å². The van der Waals surface area contributed by atoms with Crippen LogP contribution in [-0.2, 0) is 0 Å². The van der Waals surface area contributed by atoms with Crippen molar-refractivity contribution < 1.29 is 0 Å². The quantitative estimate of drug-likeness (QED) is 0.490. The Labute approximate surface area is 108 Å². The Bertz CT molecular complexity index is 194. The summed E-state index contributed by atoms with van der Waals surface area (Å²) in [6, 6.07) is 0.622. The maximum absolute atomic E-state index is 3.86. The zero-order valence-corrected chi connectivity index (χ0v) is 12.6. The molecule has 0 fully saturated rings. The summed E-state index contributed by atoms with van der Waals surface area (Å²) in [7, 11) is 0. The van der Waals surface area contributed by atoms with Crippen LogP contribution in [-0.4, -0.2) is 36.1 Å². The Morgan fingerprint density at radius 2 is 1.94 bits per heavy atom. The maximum atomic E-state index is 3.86. The van der Waals surface area contributed by atoms with Crippen LogP contribution in [0, 0.1) is 0 Å². The van der Waals surface area contributed by atoms with E-state index in [0.29, 0.717) is 6.04 Å². The fourth-order valence-electron chi connectivity index (χ4n) is 2.23. The van der Waals surface area contributed by atoms with Crippen LogP contribution in [0.4, 0.5) is 0 Å². The third kappa shape index (κ3) is 7.56. The van der Waals surface area contributed by atoms with Crippen molar-refractivity contribution in [2.45, 2.75) is 65.5 Å². The minimum absolute atomic E-state index is 0.227. The first kappa shape index (κ1) is 16.7. The zero-order chi connectivity index (χ0) is 13.3. The predicted molar refractivity (Wildman–Crippen MR) is 78.5 cm³/mol. The van der Waals surface area contributed by atoms with E-state index in [1.54, 1.807) is 0 Å². The van der Waals surface area contributed by atoms with Crippen molar-refractivity contribution in [3.05, 3.63) is 12.7 Å². The highest BCUT2D eigenvalue weighted by atomic mass is 15.2. The standard InChI is InChI=1S/C15H32N2/c1-7-11-16-12-9-10-14(3)17(13-8-2)15(4,5)6/h8,14,16H,2,7,9-13H2,1,3-6H3. The van der Waals surface area contributed by atoms with Crippen LogP contribution in [0.5, 0.6) is 0 Å². The molecule has 0 radical (unpaired) electrons. The molecule has 0 rings (SSSR count). The average molecular weight is 240 g/mol. The topological polar surface area (TPSA) is 15.3 Å². The molecule has 0 saturated carbocycles. The van der Waals surface area contributed by atoms with E-state index in [9.17, 15) is 0 Å². The molecule has 1 unspecified atom stereocenters. The molecule has 0 aromatic heterocycles. The minimum atomic E-state index is 0.227. The van der Waals surface area contributed by atoms with E-state index < -0.39 is 0 Å². The minimum Gasteiger partial charge on any atom is -0.317 e. The maximum Gasteiger partial charge on any atom is 0.0168 e. The van der Waals surface area contributed by atoms with E-state index in [2.05, 4.69) is 51.4 Å². The fourth-order valence-corrected chi connectivity index (χ4v) is 2.23. The van der Waals surface area contributed by atoms with Gasteiger partial charge >= 0.3 is 0 Å². The van der Waals surface area contributed by atoms with Crippen LogP contribution in [0.15, 0.2) is 12.7 Å². The monoisotopic (exact) mass is 240 g/mol. The first-order valence-electron chi connectivity index (χ1n) is 7.01. The summed E-state index contributed by atoms with van der Waals surface area (Å²) < 4.78 is 0. The van der Waals surface area contributed by atoms with Gasteiger partial charge in [0, 0.05) is 18.1 Å². The molecule has 0 heterocycles. The first-order chi connectivity index (χ1) is 7.93. The van der Waals surface area contributed by atoms with Crippen molar-refractivity contribution >= 4 is 0 Å². The molecule has 0 aliphatic carbocycles. The molecule has 0 aliphatic rings. The molecule has 17 heavy (non-hydrogen) atoms. The van der Waals surface area contributed by atoms with Crippen LogP contribution in [0.2, 0.25) is 0 Å². The van der Waals surface area contributed by atoms with Gasteiger partial charge in [0.2, 0.25) is 0 Å². The number of nitrogens with one attached hydrogen (secondary N) is 1. The summed E-state index contributed by atoms with van der Waals surface area (Å²) in [5, 5.41) is 3.46. The van der Waals surface area contributed by atoms with Crippen molar-refractivity contribution in [1.82, 2.24) is 10.2 Å². The van der Waals surface area contributed by atoms with E-state index in [-0.39, 0.29) is 5.54 Å². The number of hydrogen-bond donors (Lipinski definition) is 1. The molecule has 0 aliphatic heterocycles. The molecule has 2 nitrogen and oxygen atoms in total. The lowest BCUT2D eigenvalue weighted by atomic mass is 10.0. The molecule has 102 valence electrons. The average Bonchev–Trinajstić information content (AvgIpc) is 2.23. The van der Waals surface area contributed by atoms with E-state index in [4.69, 9.17) is 0 Å². The lowest BCUT2D eigenvalue weighted by Gasteiger charge is -2.39. The van der Waals surface area contributed by atoms with E-state index in [0.717, 1.165) is 19.6 Å². The van der Waals surface area contributed by atoms with Crippen molar-refractivity contribution in [3.63, 3.8) is 0 Å². The molecule has 0 aromatic rings. The second-order valence-corrected chi connectivity index (χ2v) is 5.85. The van der Waals surface area contributed by atoms with Gasteiger partial charge in [-0.15, -0.1) is 6.58 Å². The normalized spacial score (nSPS) is 14.0. The third-order valence-electron chi connectivity index (χ3n) is 3.12. The van der Waals surface area contributed by atoms with Gasteiger partial charge < -0.3 is 5.32 Å². The van der Waals surface area contributed by atoms with E-state index >= 15 is 0 Å². The fraction of sp³-hybridized carbons (Fsp3) is 0.867. The van der Waals surface area contributed by atoms with Gasteiger partial charge in [0.05, 0.1) is 0 Å². The van der Waals surface area contributed by atoms with Crippen molar-refractivity contribution in [3.8, 4) is 0 Å². The second-order valence-electron chi connectivity index (χ2n) is 5.85. The van der Waals surface area contributed by atoms with E-state index in [1.807, 2.05) is 6.08 Å². The molecule has 2 heteroatoms. The van der Waals surface area contributed by atoms with Gasteiger partial charge in [0.25, 0.3) is 0 Å². The highest BCUT2D eigenvalue weighted by Gasteiger charge is 2.24. The predicted octanol–water partition coefficient (Wildman–Crippen LogP) is 3.44. The van der Waals surface area contributed by atoms with Gasteiger partial charge in [-0.1, -0.05) is 13.0 Å². The highest BCUT2D eigenvalue weighted by molar-refractivity contribution is 4.86. The van der Waals surface area contributed by atoms with Gasteiger partial charge in [-0.25, -0.2) is 0 Å². The summed E-state index contributed by atoms with van der Waals surface area (Å²) in [6.07, 6.45) is 5.74. The van der Waals surface area contributed by atoms with Crippen LogP contribution in [0.25, 0.3) is 0 Å². The Kier molecular flexibility index (Phi) is 8.53. The van der Waals surface area contributed by atoms with Crippen molar-refractivity contribution in [2.24, 2.45) is 0 Å². The lowest BCUT2D eigenvalue weighted by Crippen LogP contribution is -2.47. The van der Waals surface area contributed by atoms with Crippen LogP contribution < -0.4 is 5.32 Å². The number of rotatable bonds is 9. The molecular formula is C15H32N2. The van der Waals surface area contributed by atoms with Gasteiger partial charge in [-0.2, -0.15) is 0 Å². The van der Waals surface area contributed by atoms with Crippen molar-refractivity contribution in [2.75, 3.05) is 19.6 Å². The zero-order valence-electron chi connectivity index (χ0n) is 12.6. The molecule has 1 atom stereocenters. The highest BCUT2D eigenvalue weighted by Crippen LogP contribution is 2.19. The molecule has 1 N–H and O–H groups in total. The SMILES string of the molecule is C=CCN(C(C)CCCNCCC)C(C)(C)C. The lowest BCUT2D eigenvalue weighted by molar-refractivity contribution is 0.0996.